The molecule has 94 valence electrons. The standard InChI is InChI=1S/C14H28N2/c1-3-5-12(2)16-11-4-6-14(16)13-7-9-15-10-8-13/h12-15H,3-11H2,1-2H3. The van der Waals surface area contributed by atoms with E-state index in [-0.39, 0.29) is 0 Å². The number of nitrogens with one attached hydrogen (secondary N) is 1. The molecule has 2 aliphatic heterocycles. The summed E-state index contributed by atoms with van der Waals surface area (Å²) >= 11 is 0. The fourth-order valence-corrected chi connectivity index (χ4v) is 3.68. The average molecular weight is 224 g/mol. The van der Waals surface area contributed by atoms with Gasteiger partial charge in [0.2, 0.25) is 0 Å². The van der Waals surface area contributed by atoms with Crippen LogP contribution in [0.4, 0.5) is 0 Å². The van der Waals surface area contributed by atoms with Crippen LogP contribution in [-0.2, 0) is 0 Å². The highest BCUT2D eigenvalue weighted by Gasteiger charge is 2.34. The Morgan fingerprint density at radius 3 is 2.69 bits per heavy atom. The molecule has 0 spiro atoms. The topological polar surface area (TPSA) is 15.3 Å². The third-order valence-corrected chi connectivity index (χ3v) is 4.54. The zero-order chi connectivity index (χ0) is 11.4. The van der Waals surface area contributed by atoms with Crippen molar-refractivity contribution in [3.8, 4) is 0 Å². The maximum Gasteiger partial charge on any atom is 0.0128 e. The molecule has 2 fully saturated rings. The van der Waals surface area contributed by atoms with Crippen molar-refractivity contribution in [2.75, 3.05) is 19.6 Å². The summed E-state index contributed by atoms with van der Waals surface area (Å²) in [6, 6.07) is 1.72. The van der Waals surface area contributed by atoms with E-state index in [1.165, 1.54) is 58.2 Å². The maximum absolute atomic E-state index is 3.49. The number of nitrogens with zero attached hydrogens (tertiary/aromatic N) is 1. The molecule has 16 heavy (non-hydrogen) atoms. The van der Waals surface area contributed by atoms with E-state index in [9.17, 15) is 0 Å². The van der Waals surface area contributed by atoms with E-state index in [0.717, 1.165) is 18.0 Å². The zero-order valence-electron chi connectivity index (χ0n) is 11.0. The molecule has 0 amide bonds. The molecule has 0 aromatic heterocycles. The van der Waals surface area contributed by atoms with E-state index in [1.807, 2.05) is 0 Å². The minimum absolute atomic E-state index is 0.812. The molecule has 2 atom stereocenters. The molecule has 2 heteroatoms. The number of piperidine rings is 1. The molecule has 2 rings (SSSR count). The fourth-order valence-electron chi connectivity index (χ4n) is 3.68. The van der Waals surface area contributed by atoms with Gasteiger partial charge in [-0.1, -0.05) is 13.3 Å². The van der Waals surface area contributed by atoms with Crippen molar-refractivity contribution < 1.29 is 0 Å². The van der Waals surface area contributed by atoms with Crippen molar-refractivity contribution in [3.05, 3.63) is 0 Å². The van der Waals surface area contributed by atoms with Crippen LogP contribution < -0.4 is 5.32 Å². The van der Waals surface area contributed by atoms with Crippen molar-refractivity contribution in [2.45, 2.75) is 64.5 Å². The Morgan fingerprint density at radius 1 is 1.25 bits per heavy atom. The number of likely N-dealkylation sites (tertiary alicyclic amines) is 1. The minimum Gasteiger partial charge on any atom is -0.317 e. The van der Waals surface area contributed by atoms with Crippen LogP contribution in [0.2, 0.25) is 0 Å². The Hall–Kier alpha value is -0.0800. The third kappa shape index (κ3) is 2.78. The molecule has 0 saturated carbocycles. The number of rotatable bonds is 4. The summed E-state index contributed by atoms with van der Waals surface area (Å²) in [4.78, 5) is 2.82. The van der Waals surface area contributed by atoms with Crippen LogP contribution in [-0.4, -0.2) is 36.6 Å². The smallest absolute Gasteiger partial charge is 0.0128 e. The SMILES string of the molecule is CCCC(C)N1CCCC1C1CCNCC1. The highest BCUT2D eigenvalue weighted by Crippen LogP contribution is 2.31. The molecule has 2 heterocycles. The monoisotopic (exact) mass is 224 g/mol. The first-order valence-electron chi connectivity index (χ1n) is 7.29. The van der Waals surface area contributed by atoms with Gasteiger partial charge in [0, 0.05) is 12.1 Å². The molecule has 0 aromatic rings. The van der Waals surface area contributed by atoms with Crippen LogP contribution in [0.3, 0.4) is 0 Å². The van der Waals surface area contributed by atoms with E-state index >= 15 is 0 Å². The molecule has 2 unspecified atom stereocenters. The van der Waals surface area contributed by atoms with E-state index < -0.39 is 0 Å². The fraction of sp³-hybridized carbons (Fsp3) is 1.00. The largest absolute Gasteiger partial charge is 0.317 e. The zero-order valence-corrected chi connectivity index (χ0v) is 11.0. The van der Waals surface area contributed by atoms with Gasteiger partial charge in [-0.25, -0.2) is 0 Å². The lowest BCUT2D eigenvalue weighted by atomic mass is 9.88. The lowest BCUT2D eigenvalue weighted by Crippen LogP contribution is -2.44. The Labute approximate surface area is 101 Å². The lowest BCUT2D eigenvalue weighted by molar-refractivity contribution is 0.119. The van der Waals surface area contributed by atoms with Crippen LogP contribution in [0.25, 0.3) is 0 Å². The van der Waals surface area contributed by atoms with Gasteiger partial charge in [0.25, 0.3) is 0 Å². The molecule has 2 nitrogen and oxygen atoms in total. The van der Waals surface area contributed by atoms with Gasteiger partial charge < -0.3 is 5.32 Å². The van der Waals surface area contributed by atoms with Gasteiger partial charge in [-0.3, -0.25) is 4.90 Å². The normalized spacial score (nSPS) is 30.8. The van der Waals surface area contributed by atoms with Crippen molar-refractivity contribution in [3.63, 3.8) is 0 Å². The van der Waals surface area contributed by atoms with Crippen molar-refractivity contribution in [1.82, 2.24) is 10.2 Å². The van der Waals surface area contributed by atoms with Gasteiger partial charge in [-0.15, -0.1) is 0 Å². The Kier molecular flexibility index (Phi) is 4.66. The Bertz CT molecular complexity index is 199. The summed E-state index contributed by atoms with van der Waals surface area (Å²) in [5.41, 5.74) is 0. The maximum atomic E-state index is 3.49. The highest BCUT2D eigenvalue weighted by atomic mass is 15.2. The molecule has 1 N–H and O–H groups in total. The third-order valence-electron chi connectivity index (χ3n) is 4.54. The predicted molar refractivity (Wildman–Crippen MR) is 69.7 cm³/mol. The van der Waals surface area contributed by atoms with Crippen LogP contribution in [0.5, 0.6) is 0 Å². The van der Waals surface area contributed by atoms with Crippen LogP contribution in [0.15, 0.2) is 0 Å². The predicted octanol–water partition coefficient (Wildman–Crippen LogP) is 2.64. The van der Waals surface area contributed by atoms with Gasteiger partial charge in [-0.05, 0) is 64.6 Å². The van der Waals surface area contributed by atoms with Gasteiger partial charge >= 0.3 is 0 Å². The van der Waals surface area contributed by atoms with Gasteiger partial charge in [-0.2, -0.15) is 0 Å². The second-order valence-corrected chi connectivity index (χ2v) is 5.67. The molecule has 2 aliphatic rings. The highest BCUT2D eigenvalue weighted by molar-refractivity contribution is 4.89. The molecular formula is C14H28N2. The van der Waals surface area contributed by atoms with Crippen molar-refractivity contribution in [2.24, 2.45) is 5.92 Å². The van der Waals surface area contributed by atoms with E-state index in [1.54, 1.807) is 0 Å². The molecule has 0 aliphatic carbocycles. The van der Waals surface area contributed by atoms with Crippen LogP contribution in [0.1, 0.15) is 52.4 Å². The van der Waals surface area contributed by atoms with E-state index in [0.29, 0.717) is 0 Å². The van der Waals surface area contributed by atoms with Gasteiger partial charge in [0.1, 0.15) is 0 Å². The van der Waals surface area contributed by atoms with E-state index in [2.05, 4.69) is 24.1 Å². The minimum atomic E-state index is 0.812. The lowest BCUT2D eigenvalue weighted by Gasteiger charge is -2.37. The molecule has 2 saturated heterocycles. The first-order valence-corrected chi connectivity index (χ1v) is 7.29. The van der Waals surface area contributed by atoms with Crippen LogP contribution >= 0.6 is 0 Å². The number of hydrogen-bond acceptors (Lipinski definition) is 2. The van der Waals surface area contributed by atoms with Crippen LogP contribution in [0, 0.1) is 5.92 Å². The summed E-state index contributed by atoms with van der Waals surface area (Å²) in [6.07, 6.45) is 8.40. The summed E-state index contributed by atoms with van der Waals surface area (Å²) in [6.45, 7) is 8.60. The molecule has 0 aromatic carbocycles. The number of hydrogen-bond donors (Lipinski definition) is 1. The average Bonchev–Trinajstić information content (AvgIpc) is 2.79. The summed E-state index contributed by atoms with van der Waals surface area (Å²) in [5, 5.41) is 3.49. The van der Waals surface area contributed by atoms with Crippen molar-refractivity contribution in [1.29, 1.82) is 0 Å². The first kappa shape index (κ1) is 12.4. The second-order valence-electron chi connectivity index (χ2n) is 5.67. The molecule has 0 radical (unpaired) electrons. The van der Waals surface area contributed by atoms with E-state index in [4.69, 9.17) is 0 Å². The van der Waals surface area contributed by atoms with Gasteiger partial charge in [0.15, 0.2) is 0 Å². The Balaban J connectivity index is 1.91. The van der Waals surface area contributed by atoms with Crippen molar-refractivity contribution >= 4 is 0 Å². The summed E-state index contributed by atoms with van der Waals surface area (Å²) in [7, 11) is 0. The summed E-state index contributed by atoms with van der Waals surface area (Å²) < 4.78 is 0. The first-order chi connectivity index (χ1) is 7.83. The summed E-state index contributed by atoms with van der Waals surface area (Å²) in [5.74, 6) is 0.975. The molecule has 0 bridgehead atoms. The van der Waals surface area contributed by atoms with Gasteiger partial charge in [0.05, 0.1) is 0 Å². The second kappa shape index (κ2) is 6.02. The Morgan fingerprint density at radius 2 is 2.00 bits per heavy atom. The quantitative estimate of drug-likeness (QED) is 0.790. The molecular weight excluding hydrogens is 196 g/mol.